The van der Waals surface area contributed by atoms with Gasteiger partial charge in [0.2, 0.25) is 0 Å². The van der Waals surface area contributed by atoms with Crippen LogP contribution in [0.5, 0.6) is 0 Å². The largest absolute Gasteiger partial charge is 0.433 e. The molecule has 6 heteroatoms. The topological polar surface area (TPSA) is 69.2 Å². The molecule has 0 aliphatic heterocycles. The van der Waals surface area contributed by atoms with Crippen molar-refractivity contribution < 1.29 is 9.34 Å². The summed E-state index contributed by atoms with van der Waals surface area (Å²) in [5.74, 6) is 0.207. The Balaban J connectivity index is 2.15. The van der Waals surface area contributed by atoms with Gasteiger partial charge in [0.1, 0.15) is 10.6 Å². The van der Waals surface area contributed by atoms with Crippen LogP contribution in [0.4, 0.5) is 5.88 Å². The lowest BCUT2D eigenvalue weighted by Gasteiger charge is -1.91. The summed E-state index contributed by atoms with van der Waals surface area (Å²) >= 11 is 1.56. The summed E-state index contributed by atoms with van der Waals surface area (Å²) in [4.78, 5) is 14.3. The van der Waals surface area contributed by atoms with Gasteiger partial charge >= 0.3 is 5.88 Å². The lowest BCUT2D eigenvalue weighted by molar-refractivity contribution is -0.401. The number of aryl methyl sites for hydroxylation is 1. The molecule has 0 aromatic carbocycles. The van der Waals surface area contributed by atoms with Crippen LogP contribution >= 0.6 is 11.3 Å². The zero-order chi connectivity index (χ0) is 12.3. The first-order valence-electron chi connectivity index (χ1n) is 5.39. The fraction of sp³-hybridized carbons (Fsp3) is 0.364. The Hall–Kier alpha value is -1.69. The molecule has 90 valence electrons. The summed E-state index contributed by atoms with van der Waals surface area (Å²) in [6.07, 6.45) is 3.18. The van der Waals surface area contributed by atoms with E-state index in [0.29, 0.717) is 11.5 Å². The number of hydrogen-bond donors (Lipinski definition) is 0. The molecule has 0 aliphatic carbocycles. The average Bonchev–Trinajstić information content (AvgIpc) is 2.94. The lowest BCUT2D eigenvalue weighted by Crippen LogP contribution is -1.84. The Labute approximate surface area is 102 Å². The van der Waals surface area contributed by atoms with E-state index in [1.54, 1.807) is 17.4 Å². The van der Waals surface area contributed by atoms with Crippen molar-refractivity contribution in [3.8, 4) is 11.5 Å². The van der Waals surface area contributed by atoms with E-state index in [1.165, 1.54) is 6.07 Å². The maximum atomic E-state index is 10.5. The van der Waals surface area contributed by atoms with Crippen LogP contribution in [0.15, 0.2) is 21.9 Å². The number of aromatic nitrogens is 1. The Bertz CT molecular complexity index is 518. The van der Waals surface area contributed by atoms with E-state index in [0.717, 1.165) is 24.3 Å². The second kappa shape index (κ2) is 5.09. The van der Waals surface area contributed by atoms with Gasteiger partial charge in [0.15, 0.2) is 5.76 Å². The molecule has 0 aliphatic rings. The smallest absolute Gasteiger partial charge is 0.399 e. The summed E-state index contributed by atoms with van der Waals surface area (Å²) < 4.78 is 5.09. The summed E-state index contributed by atoms with van der Waals surface area (Å²) in [7, 11) is 0. The molecule has 0 fully saturated rings. The van der Waals surface area contributed by atoms with Crippen molar-refractivity contribution in [3.63, 3.8) is 0 Å². The number of thiazole rings is 1. The molecular weight excluding hydrogens is 240 g/mol. The van der Waals surface area contributed by atoms with E-state index in [2.05, 4.69) is 11.9 Å². The van der Waals surface area contributed by atoms with E-state index in [9.17, 15) is 10.1 Å². The fourth-order valence-electron chi connectivity index (χ4n) is 1.43. The summed E-state index contributed by atoms with van der Waals surface area (Å²) in [5.41, 5.74) is 0.675. The summed E-state index contributed by atoms with van der Waals surface area (Å²) in [5, 5.41) is 13.4. The van der Waals surface area contributed by atoms with Crippen LogP contribution in [-0.4, -0.2) is 9.91 Å². The van der Waals surface area contributed by atoms with Gasteiger partial charge in [-0.3, -0.25) is 10.1 Å². The highest BCUT2D eigenvalue weighted by Gasteiger charge is 2.14. The van der Waals surface area contributed by atoms with E-state index < -0.39 is 4.92 Å². The third-order valence-electron chi connectivity index (χ3n) is 2.32. The molecule has 0 atom stereocenters. The highest BCUT2D eigenvalue weighted by Crippen LogP contribution is 2.27. The number of rotatable bonds is 5. The van der Waals surface area contributed by atoms with E-state index in [4.69, 9.17) is 4.42 Å². The fourth-order valence-corrected chi connectivity index (χ4v) is 2.26. The maximum absolute atomic E-state index is 10.5. The zero-order valence-corrected chi connectivity index (χ0v) is 10.2. The first-order valence-corrected chi connectivity index (χ1v) is 6.27. The first-order chi connectivity index (χ1) is 8.20. The molecule has 0 N–H and O–H groups in total. The molecule has 0 bridgehead atoms. The third kappa shape index (κ3) is 2.71. The van der Waals surface area contributed by atoms with Gasteiger partial charge in [0.05, 0.1) is 11.1 Å². The van der Waals surface area contributed by atoms with E-state index in [-0.39, 0.29) is 5.88 Å². The first kappa shape index (κ1) is 11.8. The minimum absolute atomic E-state index is 0.247. The van der Waals surface area contributed by atoms with Gasteiger partial charge in [-0.1, -0.05) is 13.3 Å². The van der Waals surface area contributed by atoms with Crippen LogP contribution in [0, 0.1) is 10.1 Å². The highest BCUT2D eigenvalue weighted by atomic mass is 32.1. The number of furan rings is 1. The Morgan fingerprint density at radius 2 is 2.35 bits per heavy atom. The Morgan fingerprint density at radius 3 is 3.00 bits per heavy atom. The Kier molecular flexibility index (Phi) is 3.53. The molecule has 0 spiro atoms. The molecule has 0 unspecified atom stereocenters. The molecule has 2 aromatic rings. The number of unbranched alkanes of at least 4 members (excludes halogenated alkanes) is 1. The van der Waals surface area contributed by atoms with Gasteiger partial charge < -0.3 is 4.42 Å². The van der Waals surface area contributed by atoms with Crippen LogP contribution in [0.1, 0.15) is 24.8 Å². The summed E-state index contributed by atoms with van der Waals surface area (Å²) in [6, 6.07) is 2.93. The molecule has 17 heavy (non-hydrogen) atoms. The molecule has 2 aromatic heterocycles. The van der Waals surface area contributed by atoms with Crippen LogP contribution in [0.25, 0.3) is 11.5 Å². The normalized spacial score (nSPS) is 10.6. The monoisotopic (exact) mass is 252 g/mol. The van der Waals surface area contributed by atoms with Crippen LogP contribution < -0.4 is 0 Å². The molecule has 0 saturated carbocycles. The number of nitro groups is 1. The molecule has 0 saturated heterocycles. The minimum atomic E-state index is -0.548. The lowest BCUT2D eigenvalue weighted by atomic mass is 10.3. The van der Waals surface area contributed by atoms with Crippen molar-refractivity contribution in [1.29, 1.82) is 0 Å². The third-order valence-corrected chi connectivity index (χ3v) is 3.23. The minimum Gasteiger partial charge on any atom is -0.399 e. The van der Waals surface area contributed by atoms with Gasteiger partial charge in [-0.05, 0) is 18.9 Å². The molecule has 0 amide bonds. The van der Waals surface area contributed by atoms with Crippen molar-refractivity contribution in [2.45, 2.75) is 26.2 Å². The Morgan fingerprint density at radius 1 is 1.53 bits per heavy atom. The molecular formula is C11H12N2O3S. The van der Waals surface area contributed by atoms with Crippen molar-refractivity contribution in [2.75, 3.05) is 0 Å². The van der Waals surface area contributed by atoms with Gasteiger partial charge in [-0.15, -0.1) is 11.3 Å². The number of nitrogens with zero attached hydrogens (tertiary/aromatic N) is 2. The highest BCUT2D eigenvalue weighted by molar-refractivity contribution is 7.09. The van der Waals surface area contributed by atoms with E-state index >= 15 is 0 Å². The van der Waals surface area contributed by atoms with Gasteiger partial charge in [0, 0.05) is 5.38 Å². The van der Waals surface area contributed by atoms with Crippen molar-refractivity contribution >= 4 is 17.2 Å². The van der Waals surface area contributed by atoms with Gasteiger partial charge in [0.25, 0.3) is 0 Å². The second-order valence-electron chi connectivity index (χ2n) is 3.63. The van der Waals surface area contributed by atoms with Gasteiger partial charge in [-0.2, -0.15) is 0 Å². The van der Waals surface area contributed by atoms with E-state index in [1.807, 2.05) is 5.38 Å². The van der Waals surface area contributed by atoms with Crippen molar-refractivity contribution in [3.05, 3.63) is 32.6 Å². The van der Waals surface area contributed by atoms with Crippen LogP contribution in [0.3, 0.4) is 0 Å². The molecule has 2 rings (SSSR count). The predicted molar refractivity (Wildman–Crippen MR) is 65.1 cm³/mol. The summed E-state index contributed by atoms with van der Waals surface area (Å²) in [6.45, 7) is 2.13. The molecule has 2 heterocycles. The van der Waals surface area contributed by atoms with Gasteiger partial charge in [-0.25, -0.2) is 4.98 Å². The van der Waals surface area contributed by atoms with Crippen molar-refractivity contribution in [2.24, 2.45) is 0 Å². The SMILES string of the molecule is CCCCc1nc(-c2ccc([N+](=O)[O-])o2)cs1. The standard InChI is InChI=1S/C11H12N2O3S/c1-2-3-4-10-12-8(7-17-10)9-5-6-11(16-9)13(14)15/h5-7H,2-4H2,1H3. The second-order valence-corrected chi connectivity index (χ2v) is 4.57. The average molecular weight is 252 g/mol. The predicted octanol–water partition coefficient (Wildman–Crippen LogP) is 3.65. The number of hydrogen-bond acceptors (Lipinski definition) is 5. The molecule has 5 nitrogen and oxygen atoms in total. The van der Waals surface area contributed by atoms with Crippen LogP contribution in [0.2, 0.25) is 0 Å². The maximum Gasteiger partial charge on any atom is 0.433 e. The van der Waals surface area contributed by atoms with Crippen LogP contribution in [-0.2, 0) is 6.42 Å². The zero-order valence-electron chi connectivity index (χ0n) is 9.38. The quantitative estimate of drug-likeness (QED) is 0.601. The van der Waals surface area contributed by atoms with Crippen molar-refractivity contribution in [1.82, 2.24) is 4.98 Å². The molecule has 0 radical (unpaired) electrons.